The molecule has 0 N–H and O–H groups in total. The van der Waals surface area contributed by atoms with Gasteiger partial charge in [0.2, 0.25) is 0 Å². The highest BCUT2D eigenvalue weighted by molar-refractivity contribution is 4.81. The molecular formula is C13H26. The topological polar surface area (TPSA) is 0 Å². The second kappa shape index (κ2) is 9.83. The van der Waals surface area contributed by atoms with Crippen molar-refractivity contribution in [2.45, 2.75) is 65.7 Å². The van der Waals surface area contributed by atoms with Crippen LogP contribution in [0.1, 0.15) is 65.7 Å². The normalized spacial score (nSPS) is 13.8. The lowest BCUT2D eigenvalue weighted by Gasteiger charge is -2.07. The zero-order valence-corrected chi connectivity index (χ0v) is 9.68. The highest BCUT2D eigenvalue weighted by Gasteiger charge is 1.98. The summed E-state index contributed by atoms with van der Waals surface area (Å²) in [5.74, 6) is 0.922. The van der Waals surface area contributed by atoms with E-state index in [1.807, 2.05) is 0 Å². The van der Waals surface area contributed by atoms with E-state index in [9.17, 15) is 0 Å². The molecule has 0 radical (unpaired) electrons. The third-order valence-electron chi connectivity index (χ3n) is 2.50. The van der Waals surface area contributed by atoms with Crippen LogP contribution in [-0.2, 0) is 0 Å². The van der Waals surface area contributed by atoms with Crippen molar-refractivity contribution in [2.75, 3.05) is 0 Å². The van der Waals surface area contributed by atoms with Gasteiger partial charge in [0.05, 0.1) is 0 Å². The minimum absolute atomic E-state index is 0.922. The Morgan fingerprint density at radius 2 is 1.62 bits per heavy atom. The molecule has 0 bridgehead atoms. The second-order valence-electron chi connectivity index (χ2n) is 4.08. The Balaban J connectivity index is 3.20. The Morgan fingerprint density at radius 1 is 0.923 bits per heavy atom. The van der Waals surface area contributed by atoms with Gasteiger partial charge >= 0.3 is 0 Å². The molecule has 0 saturated carbocycles. The van der Waals surface area contributed by atoms with Gasteiger partial charge in [-0.2, -0.15) is 0 Å². The lowest BCUT2D eigenvalue weighted by Crippen LogP contribution is -1.92. The smallest absolute Gasteiger partial charge is 0.0348 e. The zero-order valence-electron chi connectivity index (χ0n) is 9.68. The van der Waals surface area contributed by atoms with Crippen LogP contribution >= 0.6 is 0 Å². The molecule has 0 nitrogen and oxygen atoms in total. The molecule has 13 heavy (non-hydrogen) atoms. The minimum Gasteiger partial charge on any atom is -0.0885 e. The fourth-order valence-corrected chi connectivity index (χ4v) is 1.48. The van der Waals surface area contributed by atoms with Crippen LogP contribution in [0, 0.1) is 5.92 Å². The molecule has 1 unspecified atom stereocenters. The van der Waals surface area contributed by atoms with Crippen molar-refractivity contribution in [3.05, 3.63) is 12.2 Å². The van der Waals surface area contributed by atoms with Crippen molar-refractivity contribution in [1.82, 2.24) is 0 Å². The lowest BCUT2D eigenvalue weighted by molar-refractivity contribution is 0.475. The SMILES string of the molecule is CCCC=CCCC(C)CCCC. The van der Waals surface area contributed by atoms with Crippen molar-refractivity contribution >= 4 is 0 Å². The van der Waals surface area contributed by atoms with Crippen molar-refractivity contribution < 1.29 is 0 Å². The van der Waals surface area contributed by atoms with E-state index in [1.54, 1.807) is 0 Å². The van der Waals surface area contributed by atoms with E-state index in [0.29, 0.717) is 0 Å². The second-order valence-corrected chi connectivity index (χ2v) is 4.08. The summed E-state index contributed by atoms with van der Waals surface area (Å²) < 4.78 is 0. The van der Waals surface area contributed by atoms with Gasteiger partial charge in [-0.1, -0.05) is 58.6 Å². The molecular weight excluding hydrogens is 156 g/mol. The van der Waals surface area contributed by atoms with Crippen LogP contribution in [0.15, 0.2) is 12.2 Å². The molecule has 0 amide bonds. The maximum atomic E-state index is 2.38. The average molecular weight is 182 g/mol. The summed E-state index contributed by atoms with van der Waals surface area (Å²) >= 11 is 0. The van der Waals surface area contributed by atoms with Crippen LogP contribution in [0.4, 0.5) is 0 Å². The molecule has 0 aliphatic carbocycles. The molecule has 1 atom stereocenters. The number of allylic oxidation sites excluding steroid dienone is 2. The molecule has 0 heterocycles. The fraction of sp³-hybridized carbons (Fsp3) is 0.846. The van der Waals surface area contributed by atoms with Gasteiger partial charge in [-0.25, -0.2) is 0 Å². The number of rotatable bonds is 8. The van der Waals surface area contributed by atoms with Crippen LogP contribution in [-0.4, -0.2) is 0 Å². The molecule has 0 heteroatoms. The Morgan fingerprint density at radius 3 is 2.23 bits per heavy atom. The maximum absolute atomic E-state index is 2.38. The van der Waals surface area contributed by atoms with Crippen molar-refractivity contribution in [2.24, 2.45) is 5.92 Å². The molecule has 0 aliphatic heterocycles. The first-order chi connectivity index (χ1) is 6.31. The van der Waals surface area contributed by atoms with Crippen LogP contribution in [0.5, 0.6) is 0 Å². The summed E-state index contributed by atoms with van der Waals surface area (Å²) in [6.45, 7) is 6.88. The number of unbranched alkanes of at least 4 members (excludes halogenated alkanes) is 2. The van der Waals surface area contributed by atoms with Crippen molar-refractivity contribution in [1.29, 1.82) is 0 Å². The van der Waals surface area contributed by atoms with Crippen LogP contribution in [0.3, 0.4) is 0 Å². The van der Waals surface area contributed by atoms with E-state index >= 15 is 0 Å². The predicted octanol–water partition coefficient (Wildman–Crippen LogP) is 4.95. The van der Waals surface area contributed by atoms with Gasteiger partial charge in [0.15, 0.2) is 0 Å². The Hall–Kier alpha value is -0.260. The van der Waals surface area contributed by atoms with E-state index in [-0.39, 0.29) is 0 Å². The number of hydrogen-bond donors (Lipinski definition) is 0. The van der Waals surface area contributed by atoms with E-state index in [0.717, 1.165) is 5.92 Å². The monoisotopic (exact) mass is 182 g/mol. The lowest BCUT2D eigenvalue weighted by atomic mass is 9.99. The highest BCUT2D eigenvalue weighted by Crippen LogP contribution is 2.14. The summed E-state index contributed by atoms with van der Waals surface area (Å²) in [7, 11) is 0. The first-order valence-electron chi connectivity index (χ1n) is 5.96. The first kappa shape index (κ1) is 12.7. The van der Waals surface area contributed by atoms with Gasteiger partial charge in [-0.3, -0.25) is 0 Å². The largest absolute Gasteiger partial charge is 0.0885 e. The van der Waals surface area contributed by atoms with Gasteiger partial charge in [-0.15, -0.1) is 0 Å². The molecule has 0 aromatic heterocycles. The summed E-state index contributed by atoms with van der Waals surface area (Å²) in [5.41, 5.74) is 0. The summed E-state index contributed by atoms with van der Waals surface area (Å²) in [4.78, 5) is 0. The molecule has 0 saturated heterocycles. The van der Waals surface area contributed by atoms with Gasteiger partial charge in [0.1, 0.15) is 0 Å². The van der Waals surface area contributed by atoms with Crippen LogP contribution in [0.25, 0.3) is 0 Å². The van der Waals surface area contributed by atoms with Gasteiger partial charge in [-0.05, 0) is 25.2 Å². The van der Waals surface area contributed by atoms with E-state index in [1.165, 1.54) is 44.9 Å². The summed E-state index contributed by atoms with van der Waals surface area (Å²) in [5, 5.41) is 0. The van der Waals surface area contributed by atoms with Crippen molar-refractivity contribution in [3.8, 4) is 0 Å². The average Bonchev–Trinajstić information content (AvgIpc) is 2.14. The van der Waals surface area contributed by atoms with Gasteiger partial charge in [0.25, 0.3) is 0 Å². The van der Waals surface area contributed by atoms with Gasteiger partial charge < -0.3 is 0 Å². The highest BCUT2D eigenvalue weighted by atomic mass is 14.0. The number of hydrogen-bond acceptors (Lipinski definition) is 0. The standard InChI is InChI=1S/C13H26/c1-4-6-8-9-10-12-13(3)11-7-5-2/h8-9,13H,4-7,10-12H2,1-3H3. The summed E-state index contributed by atoms with van der Waals surface area (Å²) in [6, 6.07) is 0. The zero-order chi connectivity index (χ0) is 9.94. The summed E-state index contributed by atoms with van der Waals surface area (Å²) in [6.07, 6.45) is 14.0. The van der Waals surface area contributed by atoms with E-state index < -0.39 is 0 Å². The quantitative estimate of drug-likeness (QED) is 0.466. The van der Waals surface area contributed by atoms with E-state index in [2.05, 4.69) is 32.9 Å². The third kappa shape index (κ3) is 9.66. The predicted molar refractivity (Wildman–Crippen MR) is 62.0 cm³/mol. The minimum atomic E-state index is 0.922. The molecule has 0 spiro atoms. The van der Waals surface area contributed by atoms with E-state index in [4.69, 9.17) is 0 Å². The molecule has 0 aliphatic rings. The van der Waals surface area contributed by atoms with Crippen LogP contribution in [0.2, 0.25) is 0 Å². The third-order valence-corrected chi connectivity index (χ3v) is 2.50. The van der Waals surface area contributed by atoms with Crippen LogP contribution < -0.4 is 0 Å². The first-order valence-corrected chi connectivity index (χ1v) is 5.96. The molecule has 0 rings (SSSR count). The van der Waals surface area contributed by atoms with Crippen molar-refractivity contribution in [3.63, 3.8) is 0 Å². The molecule has 0 fully saturated rings. The molecule has 0 aromatic rings. The molecule has 0 aromatic carbocycles. The maximum Gasteiger partial charge on any atom is -0.0348 e. The van der Waals surface area contributed by atoms with Gasteiger partial charge in [0, 0.05) is 0 Å². The Kier molecular flexibility index (Phi) is 9.63. The molecule has 78 valence electrons. The fourth-order valence-electron chi connectivity index (χ4n) is 1.48. The Labute approximate surface area is 84.4 Å². The Bertz CT molecular complexity index is 113.